The minimum Gasteiger partial charge on any atom is -0.467 e. The van der Waals surface area contributed by atoms with Gasteiger partial charge in [-0.15, -0.1) is 10.2 Å². The van der Waals surface area contributed by atoms with E-state index < -0.39 is 0 Å². The molecule has 8 heteroatoms. The second-order valence-electron chi connectivity index (χ2n) is 9.43. The third-order valence-corrected chi connectivity index (χ3v) is 7.20. The maximum atomic E-state index is 5.91. The predicted molar refractivity (Wildman–Crippen MR) is 125 cm³/mol. The van der Waals surface area contributed by atoms with Gasteiger partial charge in [-0.3, -0.25) is 4.68 Å². The van der Waals surface area contributed by atoms with Crippen LogP contribution in [0.15, 0.2) is 43.0 Å². The summed E-state index contributed by atoms with van der Waals surface area (Å²) in [4.78, 5) is 4.69. The third kappa shape index (κ3) is 3.78. The average Bonchev–Trinajstić information content (AvgIpc) is 3.55. The lowest BCUT2D eigenvalue weighted by Crippen LogP contribution is -2.19. The molecule has 2 fully saturated rings. The van der Waals surface area contributed by atoms with Gasteiger partial charge in [0, 0.05) is 37.5 Å². The van der Waals surface area contributed by atoms with Gasteiger partial charge in [0.2, 0.25) is 0 Å². The number of aromatic nitrogens is 6. The van der Waals surface area contributed by atoms with Crippen molar-refractivity contribution in [1.29, 1.82) is 0 Å². The molecule has 2 saturated carbocycles. The molecule has 2 bridgehead atoms. The van der Waals surface area contributed by atoms with E-state index in [4.69, 9.17) is 14.5 Å². The Kier molecular flexibility index (Phi) is 5.10. The number of fused-ring (bicyclic) bond motifs is 3. The third-order valence-electron chi connectivity index (χ3n) is 7.20. The molecule has 6 rings (SSSR count). The van der Waals surface area contributed by atoms with Crippen molar-refractivity contribution in [2.24, 2.45) is 18.9 Å². The van der Waals surface area contributed by atoms with E-state index in [1.807, 2.05) is 50.0 Å². The highest BCUT2D eigenvalue weighted by atomic mass is 16.7. The van der Waals surface area contributed by atoms with Gasteiger partial charge < -0.3 is 14.0 Å². The Balaban J connectivity index is 1.35. The molecule has 3 heterocycles. The Bertz CT molecular complexity index is 1280. The lowest BCUT2D eigenvalue weighted by molar-refractivity contribution is 0.0515. The van der Waals surface area contributed by atoms with Crippen LogP contribution in [0.4, 0.5) is 0 Å². The summed E-state index contributed by atoms with van der Waals surface area (Å²) in [5, 5.41) is 13.5. The minimum absolute atomic E-state index is 0.151. The van der Waals surface area contributed by atoms with E-state index in [-0.39, 0.29) is 6.79 Å². The molecule has 2 aliphatic rings. The fourth-order valence-electron chi connectivity index (χ4n) is 5.66. The number of aryl methyl sites for hydroxylation is 1. The summed E-state index contributed by atoms with van der Waals surface area (Å²) in [6.45, 7) is 0.151. The fourth-order valence-corrected chi connectivity index (χ4v) is 5.66. The van der Waals surface area contributed by atoms with Gasteiger partial charge in [-0.2, -0.15) is 5.10 Å². The molecule has 0 spiro atoms. The second-order valence-corrected chi connectivity index (χ2v) is 9.43. The molecule has 1 aromatic carbocycles. The summed E-state index contributed by atoms with van der Waals surface area (Å²) >= 11 is 0. The van der Waals surface area contributed by atoms with Crippen LogP contribution in [0.5, 0.6) is 5.75 Å². The molecule has 2 aliphatic carbocycles. The zero-order chi connectivity index (χ0) is 22.4. The van der Waals surface area contributed by atoms with Crippen molar-refractivity contribution >= 4 is 11.2 Å². The molecule has 0 N–H and O–H groups in total. The summed E-state index contributed by atoms with van der Waals surface area (Å²) < 4.78 is 15.1. The number of imidazole rings is 1. The maximum absolute atomic E-state index is 5.91. The number of ether oxygens (including phenoxy) is 2. The van der Waals surface area contributed by atoms with Crippen LogP contribution in [0.2, 0.25) is 0 Å². The highest BCUT2D eigenvalue weighted by Gasteiger charge is 2.35. The van der Waals surface area contributed by atoms with Crippen LogP contribution in [0.25, 0.3) is 33.5 Å². The quantitative estimate of drug-likeness (QED) is 0.404. The molecule has 0 saturated heterocycles. The van der Waals surface area contributed by atoms with Gasteiger partial charge in [-0.25, -0.2) is 4.98 Å². The molecule has 4 aromatic rings. The van der Waals surface area contributed by atoms with E-state index in [1.165, 1.54) is 32.1 Å². The van der Waals surface area contributed by atoms with Crippen molar-refractivity contribution in [3.63, 3.8) is 0 Å². The lowest BCUT2D eigenvalue weighted by atomic mass is 9.85. The number of hydrogen-bond donors (Lipinski definition) is 0. The molecule has 170 valence electrons. The Morgan fingerprint density at radius 3 is 2.64 bits per heavy atom. The molecule has 0 radical (unpaired) electrons. The first-order valence-corrected chi connectivity index (χ1v) is 11.6. The summed E-state index contributed by atoms with van der Waals surface area (Å²) in [6, 6.07) is 8.55. The van der Waals surface area contributed by atoms with E-state index in [0.717, 1.165) is 45.4 Å². The summed E-state index contributed by atoms with van der Waals surface area (Å²) in [6.07, 6.45) is 12.4. The van der Waals surface area contributed by atoms with Gasteiger partial charge in [0.1, 0.15) is 11.3 Å². The Labute approximate surface area is 192 Å². The van der Waals surface area contributed by atoms with Crippen molar-refractivity contribution < 1.29 is 9.47 Å². The zero-order valence-corrected chi connectivity index (χ0v) is 19.0. The first-order chi connectivity index (χ1) is 16.2. The van der Waals surface area contributed by atoms with Crippen LogP contribution in [-0.4, -0.2) is 43.4 Å². The predicted octanol–water partition coefficient (Wildman–Crippen LogP) is 4.63. The number of rotatable bonds is 6. The van der Waals surface area contributed by atoms with Crippen molar-refractivity contribution in [3.8, 4) is 28.1 Å². The summed E-state index contributed by atoms with van der Waals surface area (Å²) in [7, 11) is 3.52. The van der Waals surface area contributed by atoms with Crippen molar-refractivity contribution in [1.82, 2.24) is 29.5 Å². The van der Waals surface area contributed by atoms with Crippen LogP contribution in [-0.2, 0) is 11.8 Å². The smallest absolute Gasteiger partial charge is 0.188 e. The number of nitrogens with zero attached hydrogens (tertiary/aromatic N) is 6. The van der Waals surface area contributed by atoms with E-state index >= 15 is 0 Å². The van der Waals surface area contributed by atoms with Gasteiger partial charge in [0.15, 0.2) is 12.4 Å². The van der Waals surface area contributed by atoms with Crippen LogP contribution in [0, 0.1) is 11.8 Å². The molecular formula is C25H28N6O2. The SMILES string of the molecule is COCOc1cc(-c2cnn(C)c2)ccc1-c1cc2ncn(C3CC4CC[C@@H](C4)C3)c2nn1. The first kappa shape index (κ1) is 20.4. The van der Waals surface area contributed by atoms with Crippen LogP contribution < -0.4 is 4.74 Å². The van der Waals surface area contributed by atoms with Crippen LogP contribution in [0.3, 0.4) is 0 Å². The fraction of sp³-hybridized carbons (Fsp3) is 0.440. The normalized spacial score (nSPS) is 22.2. The van der Waals surface area contributed by atoms with E-state index in [9.17, 15) is 0 Å². The molecule has 2 unspecified atom stereocenters. The maximum Gasteiger partial charge on any atom is 0.188 e. The van der Waals surface area contributed by atoms with Gasteiger partial charge in [0.25, 0.3) is 0 Å². The Morgan fingerprint density at radius 1 is 1.03 bits per heavy atom. The van der Waals surface area contributed by atoms with Gasteiger partial charge in [0.05, 0.1) is 18.2 Å². The average molecular weight is 445 g/mol. The molecule has 0 amide bonds. The molecule has 0 aliphatic heterocycles. The number of hydrogen-bond acceptors (Lipinski definition) is 6. The van der Waals surface area contributed by atoms with Crippen molar-refractivity contribution in [3.05, 3.63) is 43.0 Å². The Hall–Kier alpha value is -3.26. The van der Waals surface area contributed by atoms with Crippen molar-refractivity contribution in [2.45, 2.75) is 38.1 Å². The number of benzene rings is 1. The van der Waals surface area contributed by atoms with E-state index in [0.29, 0.717) is 11.8 Å². The van der Waals surface area contributed by atoms with Gasteiger partial charge in [-0.1, -0.05) is 18.9 Å². The lowest BCUT2D eigenvalue weighted by Gasteiger charge is -2.28. The minimum atomic E-state index is 0.151. The van der Waals surface area contributed by atoms with Crippen LogP contribution >= 0.6 is 0 Å². The molecular weight excluding hydrogens is 416 g/mol. The summed E-state index contributed by atoms with van der Waals surface area (Å²) in [5.41, 5.74) is 5.37. The molecule has 3 aromatic heterocycles. The molecule has 3 atom stereocenters. The standard InChI is InChI=1S/C25H28N6O2/c1-30-13-19(12-27-30)18-5-6-21(24(10-18)33-15-32-2)22-11-23-25(29-28-22)31(14-26-23)20-8-16-3-4-17(7-16)9-20/h5-6,10-14,16-17,20H,3-4,7-9,15H2,1-2H3/t16-,17?,20?/m0/s1. The highest BCUT2D eigenvalue weighted by molar-refractivity contribution is 5.80. The van der Waals surface area contributed by atoms with E-state index in [1.54, 1.807) is 11.8 Å². The first-order valence-electron chi connectivity index (χ1n) is 11.6. The van der Waals surface area contributed by atoms with Crippen molar-refractivity contribution in [2.75, 3.05) is 13.9 Å². The van der Waals surface area contributed by atoms with Gasteiger partial charge >= 0.3 is 0 Å². The Morgan fingerprint density at radius 2 is 1.88 bits per heavy atom. The highest BCUT2D eigenvalue weighted by Crippen LogP contribution is 2.47. The van der Waals surface area contributed by atoms with E-state index in [2.05, 4.69) is 19.9 Å². The second kappa shape index (κ2) is 8.26. The largest absolute Gasteiger partial charge is 0.467 e. The van der Waals surface area contributed by atoms with Gasteiger partial charge in [-0.05, 0) is 54.9 Å². The summed E-state index contributed by atoms with van der Waals surface area (Å²) in [5.74, 6) is 2.41. The number of methoxy groups -OCH3 is 1. The molecule has 8 nitrogen and oxygen atoms in total. The monoisotopic (exact) mass is 444 g/mol. The zero-order valence-electron chi connectivity index (χ0n) is 19.0. The topological polar surface area (TPSA) is 79.9 Å². The van der Waals surface area contributed by atoms with Crippen LogP contribution in [0.1, 0.15) is 38.1 Å². The molecule has 33 heavy (non-hydrogen) atoms.